The van der Waals surface area contributed by atoms with Gasteiger partial charge < -0.3 is 10.1 Å². The Kier molecular flexibility index (Phi) is 7.38. The Morgan fingerprint density at radius 2 is 1.87 bits per heavy atom. The number of esters is 1. The summed E-state index contributed by atoms with van der Waals surface area (Å²) in [5.74, 6) is -0.918. The summed E-state index contributed by atoms with van der Waals surface area (Å²) in [4.78, 5) is 48.5. The molecule has 31 heavy (non-hydrogen) atoms. The van der Waals surface area contributed by atoms with Crippen LogP contribution in [0.15, 0.2) is 35.4 Å². The Bertz CT molecular complexity index is 870. The maximum absolute atomic E-state index is 12.3. The molecule has 0 unspecified atom stereocenters. The van der Waals surface area contributed by atoms with Crippen molar-refractivity contribution < 1.29 is 23.9 Å². The van der Waals surface area contributed by atoms with Crippen LogP contribution < -0.4 is 15.6 Å². The number of ether oxygens (including phenoxy) is 1. The Hall–Kier alpha value is -3.23. The van der Waals surface area contributed by atoms with Crippen molar-refractivity contribution in [1.82, 2.24) is 10.6 Å². The fourth-order valence-corrected chi connectivity index (χ4v) is 3.84. The Balaban J connectivity index is 1.49. The lowest BCUT2D eigenvalue weighted by atomic mass is 9.78. The highest BCUT2D eigenvalue weighted by Gasteiger charge is 2.29. The van der Waals surface area contributed by atoms with Crippen molar-refractivity contribution in [1.29, 1.82) is 0 Å². The van der Waals surface area contributed by atoms with Gasteiger partial charge in [0.1, 0.15) is 5.71 Å². The summed E-state index contributed by atoms with van der Waals surface area (Å²) in [5, 5.41) is 10.3. The van der Waals surface area contributed by atoms with Gasteiger partial charge in [0.05, 0.1) is 5.69 Å². The molecule has 1 aliphatic heterocycles. The third-order valence-electron chi connectivity index (χ3n) is 5.88. The monoisotopic (exact) mass is 428 g/mol. The second-order valence-electron chi connectivity index (χ2n) is 8.06. The van der Waals surface area contributed by atoms with E-state index in [4.69, 9.17) is 4.74 Å². The lowest BCUT2D eigenvalue weighted by Gasteiger charge is -2.34. The minimum Gasteiger partial charge on any atom is -0.451 e. The predicted molar refractivity (Wildman–Crippen MR) is 114 cm³/mol. The molecule has 1 saturated carbocycles. The van der Waals surface area contributed by atoms with E-state index in [0.717, 1.165) is 24.3 Å². The number of hydrogen-bond acceptors (Lipinski definition) is 6. The van der Waals surface area contributed by atoms with Crippen LogP contribution in [0.4, 0.5) is 10.5 Å². The molecule has 0 bridgehead atoms. The number of nitrogens with one attached hydrogen (secondary N) is 2. The topological polar surface area (TPSA) is 117 Å². The molecule has 0 aromatic heterocycles. The molecule has 1 fully saturated rings. The van der Waals surface area contributed by atoms with Gasteiger partial charge in [-0.2, -0.15) is 5.10 Å². The van der Waals surface area contributed by atoms with Crippen LogP contribution in [0.1, 0.15) is 46.0 Å². The van der Waals surface area contributed by atoms with Crippen molar-refractivity contribution in [2.45, 2.75) is 52.0 Å². The van der Waals surface area contributed by atoms with E-state index in [0.29, 0.717) is 17.5 Å². The fourth-order valence-electron chi connectivity index (χ4n) is 3.84. The molecule has 3 rings (SSSR count). The standard InChI is InChI=1S/C22H28N4O5/c1-14-7-6-10-17(15(14)2)23-22(30)24-19(27)13-31-21(29)18-11-12-20(28)26(25-18)16-8-4-3-5-9-16/h3-5,8-9,14-15,17H,6-7,10-13H2,1-2H3,(H2,23,24,27,30)/t14-,15-,17+/m1/s1. The number of hydrogen-bond donors (Lipinski definition) is 2. The van der Waals surface area contributed by atoms with Crippen molar-refractivity contribution >= 4 is 35.2 Å². The lowest BCUT2D eigenvalue weighted by Crippen LogP contribution is -2.50. The van der Waals surface area contributed by atoms with Gasteiger partial charge in [0, 0.05) is 18.9 Å². The van der Waals surface area contributed by atoms with E-state index in [2.05, 4.69) is 29.6 Å². The molecule has 166 valence electrons. The molecule has 0 spiro atoms. The summed E-state index contributed by atoms with van der Waals surface area (Å²) in [7, 11) is 0. The molecule has 0 radical (unpaired) electrons. The number of anilines is 1. The first-order chi connectivity index (χ1) is 14.8. The zero-order valence-electron chi connectivity index (χ0n) is 17.8. The van der Waals surface area contributed by atoms with Crippen LogP contribution in [0.25, 0.3) is 0 Å². The summed E-state index contributed by atoms with van der Waals surface area (Å²) in [6.07, 6.45) is 3.27. The highest BCUT2D eigenvalue weighted by Crippen LogP contribution is 2.29. The van der Waals surface area contributed by atoms with Gasteiger partial charge in [0.2, 0.25) is 5.91 Å². The van der Waals surface area contributed by atoms with Gasteiger partial charge in [-0.15, -0.1) is 0 Å². The number of rotatable bonds is 5. The van der Waals surface area contributed by atoms with Gasteiger partial charge in [-0.05, 0) is 30.4 Å². The van der Waals surface area contributed by atoms with Crippen LogP contribution in [-0.2, 0) is 19.1 Å². The van der Waals surface area contributed by atoms with E-state index in [9.17, 15) is 19.2 Å². The molecule has 2 N–H and O–H groups in total. The van der Waals surface area contributed by atoms with Gasteiger partial charge in [0.25, 0.3) is 5.91 Å². The van der Waals surface area contributed by atoms with Crippen molar-refractivity contribution in [2.24, 2.45) is 16.9 Å². The summed E-state index contributed by atoms with van der Waals surface area (Å²) in [6.45, 7) is 3.63. The van der Waals surface area contributed by atoms with Gasteiger partial charge in [0.15, 0.2) is 6.61 Å². The van der Waals surface area contributed by atoms with E-state index in [1.165, 1.54) is 0 Å². The molecule has 9 heteroatoms. The van der Waals surface area contributed by atoms with Crippen molar-refractivity contribution in [2.75, 3.05) is 11.6 Å². The fraction of sp³-hybridized carbons (Fsp3) is 0.500. The molecule has 2 aliphatic rings. The van der Waals surface area contributed by atoms with Crippen molar-refractivity contribution in [3.63, 3.8) is 0 Å². The zero-order valence-corrected chi connectivity index (χ0v) is 17.8. The second kappa shape index (κ2) is 10.2. The van der Waals surface area contributed by atoms with Crippen LogP contribution in [0.3, 0.4) is 0 Å². The largest absolute Gasteiger partial charge is 0.451 e. The Morgan fingerprint density at radius 1 is 1.13 bits per heavy atom. The summed E-state index contributed by atoms with van der Waals surface area (Å²) >= 11 is 0. The number of carbonyl (C=O) groups is 4. The minimum atomic E-state index is -0.793. The first kappa shape index (κ1) is 22.5. The average molecular weight is 428 g/mol. The molecule has 1 aromatic carbocycles. The van der Waals surface area contributed by atoms with E-state index in [1.807, 2.05) is 0 Å². The van der Waals surface area contributed by atoms with E-state index >= 15 is 0 Å². The molecule has 9 nitrogen and oxygen atoms in total. The van der Waals surface area contributed by atoms with Gasteiger partial charge >= 0.3 is 12.0 Å². The minimum absolute atomic E-state index is 0.0113. The molecule has 1 aliphatic carbocycles. The van der Waals surface area contributed by atoms with E-state index in [-0.39, 0.29) is 30.5 Å². The average Bonchev–Trinajstić information content (AvgIpc) is 2.76. The van der Waals surface area contributed by atoms with Crippen molar-refractivity contribution in [3.05, 3.63) is 30.3 Å². The first-order valence-corrected chi connectivity index (χ1v) is 10.6. The molecule has 4 amide bonds. The van der Waals surface area contributed by atoms with E-state index in [1.54, 1.807) is 30.3 Å². The Morgan fingerprint density at radius 3 is 2.61 bits per heavy atom. The van der Waals surface area contributed by atoms with Gasteiger partial charge in [-0.1, -0.05) is 44.9 Å². The maximum atomic E-state index is 12.3. The van der Waals surface area contributed by atoms with Crippen molar-refractivity contribution in [3.8, 4) is 0 Å². The summed E-state index contributed by atoms with van der Waals surface area (Å²) in [6, 6.07) is 8.15. The first-order valence-electron chi connectivity index (χ1n) is 10.6. The molecular formula is C22H28N4O5. The number of hydrazone groups is 1. The lowest BCUT2D eigenvalue weighted by molar-refractivity contribution is -0.142. The number of nitrogens with zero attached hydrogens (tertiary/aromatic N) is 2. The third-order valence-corrected chi connectivity index (χ3v) is 5.88. The second-order valence-corrected chi connectivity index (χ2v) is 8.06. The molecule has 0 saturated heterocycles. The quantitative estimate of drug-likeness (QED) is 0.698. The Labute approximate surface area is 181 Å². The molecule has 1 aromatic rings. The molecule has 3 atom stereocenters. The maximum Gasteiger partial charge on any atom is 0.355 e. The van der Waals surface area contributed by atoms with Crippen LogP contribution in [0.2, 0.25) is 0 Å². The highest BCUT2D eigenvalue weighted by atomic mass is 16.5. The number of benzene rings is 1. The zero-order chi connectivity index (χ0) is 22.4. The SMILES string of the molecule is C[C@@H]1[C@H](C)CCC[C@@H]1NC(=O)NC(=O)COC(=O)C1=NN(c2ccccc2)C(=O)CC1. The molecular weight excluding hydrogens is 400 g/mol. The van der Waals surface area contributed by atoms with Crippen LogP contribution in [-0.4, -0.2) is 42.2 Å². The van der Waals surface area contributed by atoms with E-state index < -0.39 is 24.5 Å². The third kappa shape index (κ3) is 5.90. The highest BCUT2D eigenvalue weighted by molar-refractivity contribution is 6.38. The van der Waals surface area contributed by atoms with Crippen LogP contribution in [0.5, 0.6) is 0 Å². The number of imide groups is 1. The number of carbonyl (C=O) groups excluding carboxylic acids is 4. The van der Waals surface area contributed by atoms with Gasteiger partial charge in [-0.3, -0.25) is 14.9 Å². The summed E-state index contributed by atoms with van der Waals surface area (Å²) in [5.41, 5.74) is 0.587. The number of amides is 4. The predicted octanol–water partition coefficient (Wildman–Crippen LogP) is 2.36. The van der Waals surface area contributed by atoms with Crippen LogP contribution >= 0.6 is 0 Å². The van der Waals surface area contributed by atoms with Crippen LogP contribution in [0, 0.1) is 11.8 Å². The smallest absolute Gasteiger partial charge is 0.355 e. The number of urea groups is 1. The van der Waals surface area contributed by atoms with Gasteiger partial charge in [-0.25, -0.2) is 14.6 Å². The normalized spacial score (nSPS) is 23.5. The summed E-state index contributed by atoms with van der Waals surface area (Å²) < 4.78 is 4.99. The number of para-hydroxylation sites is 1. The molecule has 1 heterocycles.